The number of benzene rings is 5. The molecule has 0 amide bonds. The van der Waals surface area contributed by atoms with Crippen molar-refractivity contribution in [2.75, 3.05) is 4.90 Å². The van der Waals surface area contributed by atoms with Crippen molar-refractivity contribution in [1.29, 1.82) is 0 Å². The van der Waals surface area contributed by atoms with E-state index in [0.29, 0.717) is 0 Å². The molecule has 2 heterocycles. The number of nitrogens with zero attached hydrogens (tertiary/aromatic N) is 1. The molecular weight excluding hydrogens is 422 g/mol. The van der Waals surface area contributed by atoms with Crippen molar-refractivity contribution in [3.8, 4) is 22.3 Å². The molecule has 0 spiro atoms. The van der Waals surface area contributed by atoms with Crippen LogP contribution in [0.1, 0.15) is 44.5 Å². The molecule has 0 saturated heterocycles. The third-order valence-corrected chi connectivity index (χ3v) is 8.66. The van der Waals surface area contributed by atoms with Crippen LogP contribution in [0.5, 0.6) is 0 Å². The van der Waals surface area contributed by atoms with Gasteiger partial charge in [0.25, 0.3) is 0 Å². The summed E-state index contributed by atoms with van der Waals surface area (Å²) in [6.45, 7) is 0. The van der Waals surface area contributed by atoms with Crippen LogP contribution in [-0.2, 0) is 25.7 Å². The smallest absolute Gasteiger partial charge is 0.0532 e. The monoisotopic (exact) mass is 445 g/mol. The fourth-order valence-corrected chi connectivity index (χ4v) is 7.14. The highest BCUT2D eigenvalue weighted by molar-refractivity contribution is 5.93. The van der Waals surface area contributed by atoms with E-state index in [1.54, 1.807) is 0 Å². The van der Waals surface area contributed by atoms with Crippen LogP contribution in [0.3, 0.4) is 0 Å². The van der Waals surface area contributed by atoms with Gasteiger partial charge in [-0.15, -0.1) is 0 Å². The predicted molar refractivity (Wildman–Crippen MR) is 143 cm³/mol. The van der Waals surface area contributed by atoms with Gasteiger partial charge in [0.1, 0.15) is 0 Å². The van der Waals surface area contributed by atoms with Gasteiger partial charge >= 0.3 is 0 Å². The lowest BCUT2D eigenvalue weighted by Gasteiger charge is -2.39. The van der Waals surface area contributed by atoms with Crippen LogP contribution in [0, 0.1) is 0 Å². The van der Waals surface area contributed by atoms with E-state index in [1.165, 1.54) is 83.8 Å². The van der Waals surface area contributed by atoms with E-state index in [1.807, 2.05) is 0 Å². The fourth-order valence-electron chi connectivity index (χ4n) is 7.14. The number of anilines is 3. The van der Waals surface area contributed by atoms with E-state index in [4.69, 9.17) is 0 Å². The highest BCUT2D eigenvalue weighted by Crippen LogP contribution is 2.53. The van der Waals surface area contributed by atoms with Gasteiger partial charge in [0.15, 0.2) is 0 Å². The molecule has 5 aromatic rings. The Morgan fingerprint density at radius 3 is 1.80 bits per heavy atom. The van der Waals surface area contributed by atoms with Crippen LogP contribution in [0.4, 0.5) is 17.1 Å². The van der Waals surface area contributed by atoms with E-state index in [2.05, 4.69) is 95.9 Å². The van der Waals surface area contributed by atoms with E-state index < -0.39 is 0 Å². The lowest BCUT2D eigenvalue weighted by molar-refractivity contribution is 1.01. The Kier molecular flexibility index (Phi) is 3.29. The van der Waals surface area contributed by atoms with Crippen LogP contribution in [0.2, 0.25) is 0 Å². The Labute approximate surface area is 205 Å². The minimum Gasteiger partial charge on any atom is -0.309 e. The zero-order chi connectivity index (χ0) is 22.7. The molecule has 2 aliphatic carbocycles. The largest absolute Gasteiger partial charge is 0.309 e. The van der Waals surface area contributed by atoms with E-state index >= 15 is 0 Å². The maximum absolute atomic E-state index is 2.56. The van der Waals surface area contributed by atoms with Gasteiger partial charge in [0.05, 0.1) is 11.4 Å². The first-order valence-electron chi connectivity index (χ1n) is 12.7. The summed E-state index contributed by atoms with van der Waals surface area (Å²) in [5.41, 5.74) is 21.6. The van der Waals surface area contributed by atoms with Crippen LogP contribution < -0.4 is 4.90 Å². The van der Waals surface area contributed by atoms with Crippen molar-refractivity contribution >= 4 is 17.1 Å². The lowest BCUT2D eigenvalue weighted by Crippen LogP contribution is -2.24. The summed E-state index contributed by atoms with van der Waals surface area (Å²) in [6.07, 6.45) is 4.13. The topological polar surface area (TPSA) is 3.24 Å². The third-order valence-electron chi connectivity index (χ3n) is 8.66. The van der Waals surface area contributed by atoms with Crippen molar-refractivity contribution in [2.45, 2.75) is 25.7 Å². The van der Waals surface area contributed by atoms with Crippen molar-refractivity contribution in [3.63, 3.8) is 0 Å². The summed E-state index contributed by atoms with van der Waals surface area (Å²) in [6, 6.07) is 34.8. The fraction of sp³-hybridized carbons (Fsp3) is 0.118. The number of para-hydroxylation sites is 2. The first-order valence-corrected chi connectivity index (χ1v) is 12.7. The molecule has 0 fully saturated rings. The minimum absolute atomic E-state index is 1.02. The van der Waals surface area contributed by atoms with Gasteiger partial charge in [0, 0.05) is 18.5 Å². The van der Waals surface area contributed by atoms with Gasteiger partial charge in [0.2, 0.25) is 0 Å². The first-order chi connectivity index (χ1) is 17.3. The third kappa shape index (κ3) is 2.33. The van der Waals surface area contributed by atoms with Gasteiger partial charge in [-0.25, -0.2) is 0 Å². The molecule has 1 heteroatoms. The molecule has 0 unspecified atom stereocenters. The number of hydrogen-bond donors (Lipinski definition) is 0. The van der Waals surface area contributed by atoms with Crippen LogP contribution in [0.15, 0.2) is 91.0 Å². The summed E-state index contributed by atoms with van der Waals surface area (Å²) >= 11 is 0. The summed E-state index contributed by atoms with van der Waals surface area (Å²) in [5.74, 6) is 0. The lowest BCUT2D eigenvalue weighted by atomic mass is 9.85. The second-order valence-corrected chi connectivity index (χ2v) is 10.6. The molecule has 0 aromatic heterocycles. The summed E-state index contributed by atoms with van der Waals surface area (Å²) < 4.78 is 0. The standard InChI is InChI=1S/C34H23N/c1-3-10-28-20(6-1)12-25-18-30-26(17-29(25)28)15-24-16-27-14-23-9-5-8-22-13-21-7-2-4-11-32(21)35(34(22)23)33(27)19-31(24)30/h1-11,16-19H,12-15H2. The van der Waals surface area contributed by atoms with Crippen molar-refractivity contribution < 1.29 is 0 Å². The molecule has 1 nitrogen and oxygen atoms in total. The SMILES string of the molecule is c1ccc2c(c1)Cc1cc3c(cc1-2)Cc1cc2c(cc1-3)N1c3ccccc3Cc3cccc(c31)C2. The van der Waals surface area contributed by atoms with Crippen LogP contribution in [0.25, 0.3) is 22.3 Å². The molecule has 0 bridgehead atoms. The Balaban J connectivity index is 1.25. The predicted octanol–water partition coefficient (Wildman–Crippen LogP) is 8.11. The van der Waals surface area contributed by atoms with Crippen molar-refractivity contribution in [1.82, 2.24) is 0 Å². The second kappa shape index (κ2) is 6.31. The Hall–Kier alpha value is -4.10. The molecule has 0 radical (unpaired) electrons. The normalized spacial score (nSPS) is 14.9. The summed E-state index contributed by atoms with van der Waals surface area (Å²) in [7, 11) is 0. The summed E-state index contributed by atoms with van der Waals surface area (Å²) in [5, 5.41) is 0. The average molecular weight is 446 g/mol. The van der Waals surface area contributed by atoms with Crippen LogP contribution in [-0.4, -0.2) is 0 Å². The molecule has 9 rings (SSSR count). The quantitative estimate of drug-likeness (QED) is 0.228. The second-order valence-electron chi connectivity index (χ2n) is 10.6. The molecule has 4 aliphatic rings. The number of hydrogen-bond acceptors (Lipinski definition) is 1. The van der Waals surface area contributed by atoms with E-state index in [9.17, 15) is 0 Å². The number of rotatable bonds is 0. The van der Waals surface area contributed by atoms with Gasteiger partial charge in [-0.05, 0) is 104 Å². The van der Waals surface area contributed by atoms with Gasteiger partial charge in [-0.1, -0.05) is 66.7 Å². The van der Waals surface area contributed by atoms with Crippen molar-refractivity contribution in [3.05, 3.63) is 136 Å². The highest BCUT2D eigenvalue weighted by atomic mass is 15.2. The highest BCUT2D eigenvalue weighted by Gasteiger charge is 2.33. The minimum atomic E-state index is 1.02. The summed E-state index contributed by atoms with van der Waals surface area (Å²) in [4.78, 5) is 2.56. The Morgan fingerprint density at radius 1 is 0.371 bits per heavy atom. The molecule has 2 aliphatic heterocycles. The molecule has 5 aromatic carbocycles. The van der Waals surface area contributed by atoms with Gasteiger partial charge in [-0.3, -0.25) is 0 Å². The molecule has 0 saturated carbocycles. The van der Waals surface area contributed by atoms with Crippen LogP contribution >= 0.6 is 0 Å². The van der Waals surface area contributed by atoms with E-state index in [0.717, 1.165) is 25.7 Å². The Morgan fingerprint density at radius 2 is 0.943 bits per heavy atom. The molecule has 0 atom stereocenters. The molecule has 164 valence electrons. The maximum Gasteiger partial charge on any atom is 0.0532 e. The molecular formula is C34H23N. The maximum atomic E-state index is 2.56. The Bertz CT molecular complexity index is 1760. The zero-order valence-corrected chi connectivity index (χ0v) is 19.4. The first kappa shape index (κ1) is 18.3. The van der Waals surface area contributed by atoms with Crippen molar-refractivity contribution in [2.24, 2.45) is 0 Å². The number of fused-ring (bicyclic) bond motifs is 10. The average Bonchev–Trinajstić information content (AvgIpc) is 3.42. The molecule has 0 N–H and O–H groups in total. The zero-order valence-electron chi connectivity index (χ0n) is 19.4. The van der Waals surface area contributed by atoms with Gasteiger partial charge in [-0.2, -0.15) is 0 Å². The van der Waals surface area contributed by atoms with Gasteiger partial charge < -0.3 is 4.90 Å². The van der Waals surface area contributed by atoms with E-state index in [-0.39, 0.29) is 0 Å². The molecule has 35 heavy (non-hydrogen) atoms.